The van der Waals surface area contributed by atoms with E-state index in [0.29, 0.717) is 17.8 Å². The second-order valence-electron chi connectivity index (χ2n) is 8.96. The first kappa shape index (κ1) is 22.4. The first-order valence-electron chi connectivity index (χ1n) is 11.6. The Labute approximate surface area is 203 Å². The van der Waals surface area contributed by atoms with Crippen LogP contribution in [-0.2, 0) is 4.79 Å². The number of carbonyl (C=O) groups is 1. The van der Waals surface area contributed by atoms with Crippen molar-refractivity contribution < 1.29 is 4.79 Å². The summed E-state index contributed by atoms with van der Waals surface area (Å²) < 4.78 is 3.99. The van der Waals surface area contributed by atoms with E-state index in [1.807, 2.05) is 48.5 Å². The zero-order valence-electron chi connectivity index (χ0n) is 19.6. The Morgan fingerprint density at radius 2 is 1.82 bits per heavy atom. The lowest BCUT2D eigenvalue weighted by atomic mass is 10.1. The van der Waals surface area contributed by atoms with Gasteiger partial charge in [0.15, 0.2) is 5.16 Å². The van der Waals surface area contributed by atoms with Gasteiger partial charge in [-0.15, -0.1) is 10.2 Å². The van der Waals surface area contributed by atoms with E-state index in [-0.39, 0.29) is 11.7 Å². The van der Waals surface area contributed by atoms with Crippen molar-refractivity contribution in [2.45, 2.75) is 50.7 Å². The molecule has 1 aliphatic carbocycles. The van der Waals surface area contributed by atoms with Gasteiger partial charge < -0.3 is 9.88 Å². The Morgan fingerprint density at radius 3 is 2.50 bits per heavy atom. The predicted octanol–water partition coefficient (Wildman–Crippen LogP) is 5.63. The van der Waals surface area contributed by atoms with Crippen LogP contribution in [0.15, 0.2) is 65.8 Å². The van der Waals surface area contributed by atoms with Crippen LogP contribution >= 0.6 is 11.8 Å². The van der Waals surface area contributed by atoms with Gasteiger partial charge in [0, 0.05) is 23.6 Å². The van der Waals surface area contributed by atoms with Gasteiger partial charge in [0.05, 0.1) is 17.1 Å². The number of hydrogen-bond donors (Lipinski definition) is 1. The minimum atomic E-state index is -0.103. The van der Waals surface area contributed by atoms with Crippen LogP contribution in [0, 0.1) is 6.92 Å². The molecule has 1 N–H and O–H groups in total. The zero-order chi connectivity index (χ0) is 23.7. The summed E-state index contributed by atoms with van der Waals surface area (Å²) >= 11 is 1.44. The maximum absolute atomic E-state index is 13.0. The number of nitrogens with one attached hydrogen (secondary N) is 1. The van der Waals surface area contributed by atoms with Crippen LogP contribution in [0.5, 0.6) is 0 Å². The van der Waals surface area contributed by atoms with E-state index in [1.54, 1.807) is 4.68 Å². The maximum Gasteiger partial charge on any atom is 0.236 e. The Balaban J connectivity index is 1.36. The van der Waals surface area contributed by atoms with Crippen LogP contribution < -0.4 is 5.32 Å². The molecule has 2 aromatic carbocycles. The van der Waals surface area contributed by atoms with Gasteiger partial charge in [-0.3, -0.25) is 4.79 Å². The summed E-state index contributed by atoms with van der Waals surface area (Å²) in [6.45, 7) is 6.31. The molecule has 1 saturated carbocycles. The number of aromatic nitrogens is 5. The fourth-order valence-corrected chi connectivity index (χ4v) is 4.68. The lowest BCUT2D eigenvalue weighted by molar-refractivity contribution is -0.113. The monoisotopic (exact) mass is 472 g/mol. The van der Waals surface area contributed by atoms with Crippen molar-refractivity contribution in [3.63, 3.8) is 0 Å². The van der Waals surface area contributed by atoms with Crippen molar-refractivity contribution >= 4 is 23.5 Å². The summed E-state index contributed by atoms with van der Waals surface area (Å²) in [6.07, 6.45) is 2.30. The molecule has 0 spiro atoms. The summed E-state index contributed by atoms with van der Waals surface area (Å²) in [5, 5.41) is 17.4. The average Bonchev–Trinajstić information content (AvgIpc) is 3.44. The van der Waals surface area contributed by atoms with Crippen molar-refractivity contribution in [2.75, 3.05) is 11.1 Å². The van der Waals surface area contributed by atoms with E-state index >= 15 is 0 Å². The van der Waals surface area contributed by atoms with Gasteiger partial charge in [-0.2, -0.15) is 5.10 Å². The van der Waals surface area contributed by atoms with E-state index in [1.165, 1.54) is 17.3 Å². The number of aryl methyl sites for hydroxylation is 1. The quantitative estimate of drug-likeness (QED) is 0.336. The Morgan fingerprint density at radius 1 is 1.09 bits per heavy atom. The van der Waals surface area contributed by atoms with Gasteiger partial charge in [-0.25, -0.2) is 4.68 Å². The molecule has 4 aromatic rings. The number of amides is 1. The number of benzene rings is 2. The van der Waals surface area contributed by atoms with E-state index in [4.69, 9.17) is 5.10 Å². The van der Waals surface area contributed by atoms with Gasteiger partial charge >= 0.3 is 0 Å². The number of carbonyl (C=O) groups excluding carboxylic acids is 1. The highest BCUT2D eigenvalue weighted by Crippen LogP contribution is 2.40. The zero-order valence-corrected chi connectivity index (χ0v) is 20.4. The molecular formula is C26H28N6OS. The molecule has 2 heterocycles. The van der Waals surface area contributed by atoms with Gasteiger partial charge in [0.1, 0.15) is 11.6 Å². The van der Waals surface area contributed by atoms with Gasteiger partial charge in [-0.05, 0) is 31.9 Å². The van der Waals surface area contributed by atoms with Gasteiger partial charge in [0.2, 0.25) is 5.91 Å². The lowest BCUT2D eigenvalue weighted by Crippen LogP contribution is -2.17. The van der Waals surface area contributed by atoms with Gasteiger partial charge in [0.25, 0.3) is 0 Å². The normalized spacial score (nSPS) is 13.4. The molecule has 8 heteroatoms. The molecule has 7 nitrogen and oxygen atoms in total. The molecule has 174 valence electrons. The summed E-state index contributed by atoms with van der Waals surface area (Å²) in [6, 6.07) is 20.4. The number of thioether (sulfide) groups is 1. The average molecular weight is 473 g/mol. The minimum absolute atomic E-state index is 0.103. The smallest absolute Gasteiger partial charge is 0.236 e. The van der Waals surface area contributed by atoms with Crippen LogP contribution in [0.3, 0.4) is 0 Å². The van der Waals surface area contributed by atoms with Gasteiger partial charge in [-0.1, -0.05) is 73.6 Å². The number of hydrogen-bond acceptors (Lipinski definition) is 5. The van der Waals surface area contributed by atoms with Crippen molar-refractivity contribution in [3.05, 3.63) is 72.1 Å². The molecular weight excluding hydrogens is 444 g/mol. The molecule has 1 fully saturated rings. The lowest BCUT2D eigenvalue weighted by Gasteiger charge is -2.11. The Hall–Kier alpha value is -3.39. The Kier molecular flexibility index (Phi) is 6.24. The highest BCUT2D eigenvalue weighted by Gasteiger charge is 2.30. The summed E-state index contributed by atoms with van der Waals surface area (Å²) in [5.74, 6) is 2.09. The largest absolute Gasteiger partial charge is 0.310 e. The third-order valence-corrected chi connectivity index (χ3v) is 6.72. The number of para-hydroxylation sites is 1. The second-order valence-corrected chi connectivity index (χ2v) is 9.90. The van der Waals surface area contributed by atoms with E-state index in [0.717, 1.165) is 40.8 Å². The maximum atomic E-state index is 13.0. The molecule has 1 aliphatic rings. The third kappa shape index (κ3) is 4.77. The molecule has 0 atom stereocenters. The highest BCUT2D eigenvalue weighted by atomic mass is 32.2. The molecule has 34 heavy (non-hydrogen) atoms. The minimum Gasteiger partial charge on any atom is -0.310 e. The Bertz CT molecular complexity index is 1290. The van der Waals surface area contributed by atoms with Crippen LogP contribution in [0.25, 0.3) is 16.9 Å². The summed E-state index contributed by atoms with van der Waals surface area (Å²) in [5.41, 5.74) is 3.89. The fraction of sp³-hybridized carbons (Fsp3) is 0.308. The predicted molar refractivity (Wildman–Crippen MR) is 135 cm³/mol. The fourth-order valence-electron chi connectivity index (χ4n) is 3.87. The molecule has 0 aliphatic heterocycles. The van der Waals surface area contributed by atoms with Crippen molar-refractivity contribution in [1.29, 1.82) is 0 Å². The van der Waals surface area contributed by atoms with Crippen LogP contribution in [0.1, 0.15) is 50.0 Å². The van der Waals surface area contributed by atoms with Crippen molar-refractivity contribution in [3.8, 4) is 16.9 Å². The standard InChI is InChI=1S/C26H28N6OS/c1-17(2)25-28-29-26(31(25)20-13-14-20)34-16-24(33)27-23-15-22(19-11-9-18(3)10-12-19)30-32(23)21-7-5-4-6-8-21/h4-12,15,17,20H,13-14,16H2,1-3H3,(H,27,33). The molecule has 1 amide bonds. The number of rotatable bonds is 8. The van der Waals surface area contributed by atoms with Crippen molar-refractivity contribution in [2.24, 2.45) is 0 Å². The van der Waals surface area contributed by atoms with Crippen LogP contribution in [-0.4, -0.2) is 36.2 Å². The van der Waals surface area contributed by atoms with Crippen LogP contribution in [0.4, 0.5) is 5.82 Å². The van der Waals surface area contributed by atoms with Crippen LogP contribution in [0.2, 0.25) is 0 Å². The second kappa shape index (κ2) is 9.46. The topological polar surface area (TPSA) is 77.6 Å². The number of anilines is 1. The third-order valence-electron chi connectivity index (χ3n) is 5.78. The van der Waals surface area contributed by atoms with Crippen molar-refractivity contribution in [1.82, 2.24) is 24.5 Å². The first-order chi connectivity index (χ1) is 16.5. The molecule has 0 unspecified atom stereocenters. The SMILES string of the molecule is Cc1ccc(-c2cc(NC(=O)CSc3nnc(C(C)C)n3C3CC3)n(-c3ccccc3)n2)cc1. The molecule has 0 bridgehead atoms. The van der Waals surface area contributed by atoms with E-state index in [9.17, 15) is 4.79 Å². The molecule has 5 rings (SSSR count). The number of nitrogens with zero attached hydrogens (tertiary/aromatic N) is 5. The summed E-state index contributed by atoms with van der Waals surface area (Å²) in [7, 11) is 0. The van der Waals surface area contributed by atoms with E-state index in [2.05, 4.69) is 53.0 Å². The molecule has 2 aromatic heterocycles. The summed E-state index contributed by atoms with van der Waals surface area (Å²) in [4.78, 5) is 13.0. The molecule has 0 radical (unpaired) electrons. The highest BCUT2D eigenvalue weighted by molar-refractivity contribution is 7.99. The molecule has 0 saturated heterocycles. The van der Waals surface area contributed by atoms with E-state index < -0.39 is 0 Å². The first-order valence-corrected chi connectivity index (χ1v) is 12.6.